The van der Waals surface area contributed by atoms with Gasteiger partial charge in [-0.05, 0) is 32.9 Å². The molecule has 6 heteroatoms. The van der Waals surface area contributed by atoms with Crippen molar-refractivity contribution >= 4 is 17.6 Å². The minimum absolute atomic E-state index is 0.135. The summed E-state index contributed by atoms with van der Waals surface area (Å²) in [5.41, 5.74) is -1.35. The molecule has 0 radical (unpaired) electrons. The van der Waals surface area contributed by atoms with E-state index in [1.54, 1.807) is 0 Å². The largest absolute Gasteiger partial charge is 0.480 e. The number of carboxylic acids is 1. The van der Waals surface area contributed by atoms with Crippen LogP contribution in [0.2, 0.25) is 0 Å². The van der Waals surface area contributed by atoms with Crippen LogP contribution in [0.25, 0.3) is 0 Å². The van der Waals surface area contributed by atoms with Gasteiger partial charge in [-0.15, -0.1) is 0 Å². The molecule has 1 amide bonds. The Morgan fingerprint density at radius 3 is 2.68 bits per heavy atom. The van der Waals surface area contributed by atoms with Gasteiger partial charge in [-0.3, -0.25) is 9.69 Å². The van der Waals surface area contributed by atoms with Crippen LogP contribution < -0.4 is 9.64 Å². The molecule has 1 aromatic rings. The highest BCUT2D eigenvalue weighted by Crippen LogP contribution is 2.38. The van der Waals surface area contributed by atoms with Gasteiger partial charge in [-0.25, -0.2) is 9.18 Å². The Labute approximate surface area is 109 Å². The average Bonchev–Trinajstić information content (AvgIpc) is 2.30. The zero-order chi connectivity index (χ0) is 14.4. The highest BCUT2D eigenvalue weighted by atomic mass is 19.1. The summed E-state index contributed by atoms with van der Waals surface area (Å²) in [5, 5.41) is 9.26. The first-order valence-electron chi connectivity index (χ1n) is 5.79. The van der Waals surface area contributed by atoms with E-state index in [1.807, 2.05) is 0 Å². The maximum Gasteiger partial charge on any atom is 0.329 e. The van der Waals surface area contributed by atoms with E-state index < -0.39 is 29.3 Å². The predicted octanol–water partition coefficient (Wildman–Crippen LogP) is 1.80. The molecule has 1 aliphatic heterocycles. The number of benzene rings is 1. The van der Waals surface area contributed by atoms with Gasteiger partial charge in [0.15, 0.2) is 6.10 Å². The van der Waals surface area contributed by atoms with Crippen molar-refractivity contribution in [2.45, 2.75) is 32.4 Å². The summed E-state index contributed by atoms with van der Waals surface area (Å²) in [4.78, 5) is 24.6. The first kappa shape index (κ1) is 13.3. The van der Waals surface area contributed by atoms with Crippen LogP contribution in [-0.2, 0) is 9.59 Å². The molecule has 1 aromatic carbocycles. The number of amides is 1. The van der Waals surface area contributed by atoms with E-state index in [1.165, 1.54) is 32.9 Å². The fraction of sp³-hybridized carbons (Fsp3) is 0.385. The van der Waals surface area contributed by atoms with Crippen LogP contribution in [0.15, 0.2) is 18.2 Å². The van der Waals surface area contributed by atoms with Crippen molar-refractivity contribution in [3.05, 3.63) is 24.0 Å². The predicted molar refractivity (Wildman–Crippen MR) is 65.7 cm³/mol. The Hall–Kier alpha value is -2.11. The van der Waals surface area contributed by atoms with Crippen molar-refractivity contribution in [1.82, 2.24) is 0 Å². The summed E-state index contributed by atoms with van der Waals surface area (Å²) in [6.45, 7) is 4.31. The third-order valence-electron chi connectivity index (χ3n) is 3.12. The van der Waals surface area contributed by atoms with Crippen LogP contribution >= 0.6 is 0 Å². The van der Waals surface area contributed by atoms with Gasteiger partial charge in [0.2, 0.25) is 0 Å². The fourth-order valence-electron chi connectivity index (χ4n) is 1.98. The Bertz CT molecular complexity index is 556. The second kappa shape index (κ2) is 4.22. The third-order valence-corrected chi connectivity index (χ3v) is 3.12. The highest BCUT2D eigenvalue weighted by molar-refractivity contribution is 6.05. The zero-order valence-corrected chi connectivity index (χ0v) is 10.8. The summed E-state index contributed by atoms with van der Waals surface area (Å²) < 4.78 is 18.7. The Morgan fingerprint density at radius 1 is 1.47 bits per heavy atom. The number of rotatable bonds is 2. The van der Waals surface area contributed by atoms with Crippen LogP contribution in [0, 0.1) is 5.82 Å². The van der Waals surface area contributed by atoms with E-state index in [-0.39, 0.29) is 5.69 Å². The van der Waals surface area contributed by atoms with Crippen LogP contribution in [0.1, 0.15) is 20.8 Å². The van der Waals surface area contributed by atoms with E-state index in [2.05, 4.69) is 0 Å². The van der Waals surface area contributed by atoms with Crippen molar-refractivity contribution in [2.24, 2.45) is 0 Å². The molecule has 1 aliphatic rings. The molecular formula is C13H14FNO4. The molecule has 0 spiro atoms. The number of nitrogens with zero attached hydrogens (tertiary/aromatic N) is 1. The van der Waals surface area contributed by atoms with Crippen molar-refractivity contribution in [2.75, 3.05) is 4.90 Å². The summed E-state index contributed by atoms with van der Waals surface area (Å²) in [7, 11) is 0. The lowest BCUT2D eigenvalue weighted by Crippen LogP contribution is -2.58. The number of hydrogen-bond acceptors (Lipinski definition) is 3. The van der Waals surface area contributed by atoms with Crippen molar-refractivity contribution in [3.63, 3.8) is 0 Å². The SMILES string of the molecule is CC1Oc2ccc(F)cc2N(C(C)(C)C(=O)O)C1=O. The first-order chi connectivity index (χ1) is 8.75. The van der Waals surface area contributed by atoms with E-state index in [4.69, 9.17) is 4.74 Å². The van der Waals surface area contributed by atoms with Crippen LogP contribution in [0.4, 0.5) is 10.1 Å². The monoisotopic (exact) mass is 267 g/mol. The second-order valence-electron chi connectivity index (χ2n) is 4.91. The molecule has 0 saturated carbocycles. The number of fused-ring (bicyclic) bond motifs is 1. The standard InChI is InChI=1S/C13H14FNO4/c1-7-11(16)15(13(2,3)12(17)18)9-6-8(14)4-5-10(9)19-7/h4-7H,1-3H3,(H,17,18). The van der Waals surface area contributed by atoms with Gasteiger partial charge in [-0.1, -0.05) is 0 Å². The molecule has 2 rings (SSSR count). The number of aliphatic carboxylic acids is 1. The molecule has 1 N–H and O–H groups in total. The summed E-state index contributed by atoms with van der Waals surface area (Å²) >= 11 is 0. The zero-order valence-electron chi connectivity index (χ0n) is 10.8. The van der Waals surface area contributed by atoms with E-state index in [0.29, 0.717) is 5.75 Å². The molecule has 1 unspecified atom stereocenters. The van der Waals surface area contributed by atoms with Crippen molar-refractivity contribution in [3.8, 4) is 5.75 Å². The lowest BCUT2D eigenvalue weighted by atomic mass is 9.99. The molecule has 102 valence electrons. The summed E-state index contributed by atoms with van der Waals surface area (Å²) in [6.07, 6.45) is -0.809. The van der Waals surface area contributed by atoms with Crippen LogP contribution in [0.5, 0.6) is 5.75 Å². The molecular weight excluding hydrogens is 253 g/mol. The van der Waals surface area contributed by atoms with E-state index in [9.17, 15) is 19.1 Å². The average molecular weight is 267 g/mol. The van der Waals surface area contributed by atoms with Gasteiger partial charge in [-0.2, -0.15) is 0 Å². The van der Waals surface area contributed by atoms with Gasteiger partial charge in [0, 0.05) is 6.07 Å². The molecule has 5 nitrogen and oxygen atoms in total. The lowest BCUT2D eigenvalue weighted by molar-refractivity contribution is -0.145. The quantitative estimate of drug-likeness (QED) is 0.887. The Morgan fingerprint density at radius 2 is 2.11 bits per heavy atom. The Balaban J connectivity index is 2.62. The number of carbonyl (C=O) groups is 2. The fourth-order valence-corrected chi connectivity index (χ4v) is 1.98. The lowest BCUT2D eigenvalue weighted by Gasteiger charge is -2.40. The van der Waals surface area contributed by atoms with E-state index >= 15 is 0 Å². The number of ether oxygens (including phenoxy) is 1. The van der Waals surface area contributed by atoms with Crippen LogP contribution in [-0.4, -0.2) is 28.6 Å². The molecule has 1 heterocycles. The third kappa shape index (κ3) is 2.03. The minimum Gasteiger partial charge on any atom is -0.480 e. The maximum atomic E-state index is 13.3. The molecule has 0 saturated heterocycles. The van der Waals surface area contributed by atoms with Gasteiger partial charge in [0.25, 0.3) is 5.91 Å². The van der Waals surface area contributed by atoms with Gasteiger partial charge in [0.1, 0.15) is 17.1 Å². The van der Waals surface area contributed by atoms with Gasteiger partial charge < -0.3 is 9.84 Å². The number of halogens is 1. The molecule has 0 aliphatic carbocycles. The summed E-state index contributed by atoms with van der Waals surface area (Å²) in [6, 6.07) is 3.69. The second-order valence-corrected chi connectivity index (χ2v) is 4.91. The molecule has 0 fully saturated rings. The normalized spacial score (nSPS) is 18.8. The van der Waals surface area contributed by atoms with Crippen molar-refractivity contribution in [1.29, 1.82) is 0 Å². The summed E-state index contributed by atoms with van der Waals surface area (Å²) in [5.74, 6) is -1.95. The topological polar surface area (TPSA) is 66.8 Å². The molecule has 1 atom stereocenters. The smallest absolute Gasteiger partial charge is 0.329 e. The maximum absolute atomic E-state index is 13.3. The molecule has 0 aromatic heterocycles. The number of carbonyl (C=O) groups excluding carboxylic acids is 1. The Kier molecular flexibility index (Phi) is 2.96. The highest BCUT2D eigenvalue weighted by Gasteiger charge is 2.45. The number of hydrogen-bond donors (Lipinski definition) is 1. The number of anilines is 1. The molecule has 0 bridgehead atoms. The number of carboxylic acid groups (broad SMARTS) is 1. The van der Waals surface area contributed by atoms with Crippen LogP contribution in [0.3, 0.4) is 0 Å². The van der Waals surface area contributed by atoms with E-state index in [0.717, 1.165) is 11.0 Å². The first-order valence-corrected chi connectivity index (χ1v) is 5.79. The minimum atomic E-state index is -1.49. The van der Waals surface area contributed by atoms with Crippen molar-refractivity contribution < 1.29 is 23.8 Å². The van der Waals surface area contributed by atoms with Gasteiger partial charge >= 0.3 is 5.97 Å². The molecule has 19 heavy (non-hydrogen) atoms. The van der Waals surface area contributed by atoms with Gasteiger partial charge in [0.05, 0.1) is 5.69 Å².